The van der Waals surface area contributed by atoms with Crippen LogP contribution in [0.5, 0.6) is 0 Å². The van der Waals surface area contributed by atoms with E-state index in [2.05, 4.69) is 0 Å². The van der Waals surface area contributed by atoms with Gasteiger partial charge in [-0.3, -0.25) is 14.4 Å². The zero-order valence-corrected chi connectivity index (χ0v) is 10.8. The Hall–Kier alpha value is -1.85. The van der Waals surface area contributed by atoms with Crippen LogP contribution in [0.25, 0.3) is 0 Å². The molecule has 0 radical (unpaired) electrons. The number of aliphatic carboxylic acids is 1. The van der Waals surface area contributed by atoms with Crippen molar-refractivity contribution >= 4 is 17.7 Å². The summed E-state index contributed by atoms with van der Waals surface area (Å²) in [4.78, 5) is 31.9. The Morgan fingerprint density at radius 2 is 2.05 bits per heavy atom. The lowest BCUT2D eigenvalue weighted by Crippen LogP contribution is -2.23. The van der Waals surface area contributed by atoms with Gasteiger partial charge in [-0.1, -0.05) is 0 Å². The number of allylic oxidation sites excluding steroid dienone is 1. The molecule has 2 aliphatic carbocycles. The Morgan fingerprint density at radius 1 is 1.42 bits per heavy atom. The SMILES string of the molecule is CCOC(=O)C1C=C(O)CC(=O)C1.O=C(O)C1CC1. The molecular formula is C13H18O6. The van der Waals surface area contributed by atoms with E-state index in [1.165, 1.54) is 6.08 Å². The Balaban J connectivity index is 0.000000250. The summed E-state index contributed by atoms with van der Waals surface area (Å²) in [6.45, 7) is 1.99. The maximum Gasteiger partial charge on any atom is 0.313 e. The summed E-state index contributed by atoms with van der Waals surface area (Å²) in [6.07, 6.45) is 3.36. The van der Waals surface area contributed by atoms with Gasteiger partial charge in [-0.25, -0.2) is 0 Å². The van der Waals surface area contributed by atoms with Gasteiger partial charge in [0.2, 0.25) is 0 Å². The Bertz CT molecular complexity index is 394. The fourth-order valence-corrected chi connectivity index (χ4v) is 1.60. The average molecular weight is 270 g/mol. The van der Waals surface area contributed by atoms with E-state index in [4.69, 9.17) is 14.9 Å². The third kappa shape index (κ3) is 5.54. The van der Waals surface area contributed by atoms with Gasteiger partial charge in [0.25, 0.3) is 0 Å². The van der Waals surface area contributed by atoms with Crippen molar-refractivity contribution in [3.05, 3.63) is 11.8 Å². The lowest BCUT2D eigenvalue weighted by atomic mass is 9.94. The van der Waals surface area contributed by atoms with E-state index in [9.17, 15) is 14.4 Å². The highest BCUT2D eigenvalue weighted by Gasteiger charge is 2.28. The van der Waals surface area contributed by atoms with Crippen LogP contribution < -0.4 is 0 Å². The van der Waals surface area contributed by atoms with Gasteiger partial charge in [-0.15, -0.1) is 0 Å². The van der Waals surface area contributed by atoms with E-state index >= 15 is 0 Å². The zero-order valence-electron chi connectivity index (χ0n) is 10.8. The number of aliphatic hydroxyl groups is 1. The quantitative estimate of drug-likeness (QED) is 0.753. The summed E-state index contributed by atoms with van der Waals surface area (Å²) in [5.74, 6) is -1.81. The number of esters is 1. The number of carboxylic acid groups (broad SMARTS) is 1. The van der Waals surface area contributed by atoms with E-state index in [-0.39, 0.29) is 36.9 Å². The van der Waals surface area contributed by atoms with Gasteiger partial charge in [-0.05, 0) is 25.8 Å². The monoisotopic (exact) mass is 270 g/mol. The second kappa shape index (κ2) is 6.92. The van der Waals surface area contributed by atoms with Crippen molar-refractivity contribution < 1.29 is 29.3 Å². The van der Waals surface area contributed by atoms with Gasteiger partial charge in [0, 0.05) is 6.42 Å². The Kier molecular flexibility index (Phi) is 5.54. The zero-order chi connectivity index (χ0) is 14.4. The van der Waals surface area contributed by atoms with Crippen molar-refractivity contribution in [1.82, 2.24) is 0 Å². The van der Waals surface area contributed by atoms with Crippen LogP contribution in [0.3, 0.4) is 0 Å². The highest BCUT2D eigenvalue weighted by Crippen LogP contribution is 2.28. The number of hydrogen-bond acceptors (Lipinski definition) is 5. The molecule has 0 spiro atoms. The van der Waals surface area contributed by atoms with Crippen LogP contribution in [-0.2, 0) is 19.1 Å². The molecule has 0 aromatic rings. The standard InChI is InChI=1S/C9H12O4.C4H6O2/c1-2-13-9(12)6-3-7(10)5-8(11)4-6;5-4(6)3-1-2-3/h3,6,10H,2,4-5H2,1H3;3H,1-2H2,(H,5,6). The first kappa shape index (κ1) is 15.2. The van der Waals surface area contributed by atoms with E-state index in [0.29, 0.717) is 0 Å². The molecule has 6 heteroatoms. The molecule has 106 valence electrons. The van der Waals surface area contributed by atoms with Crippen molar-refractivity contribution in [3.63, 3.8) is 0 Å². The summed E-state index contributed by atoms with van der Waals surface area (Å²) in [5, 5.41) is 17.2. The van der Waals surface area contributed by atoms with Gasteiger partial charge < -0.3 is 14.9 Å². The highest BCUT2D eigenvalue weighted by atomic mass is 16.5. The van der Waals surface area contributed by atoms with Gasteiger partial charge in [0.15, 0.2) is 0 Å². The smallest absolute Gasteiger partial charge is 0.313 e. The van der Waals surface area contributed by atoms with Crippen LogP contribution in [0.2, 0.25) is 0 Å². The molecule has 19 heavy (non-hydrogen) atoms. The summed E-state index contributed by atoms with van der Waals surface area (Å²) in [5.41, 5.74) is 0. The summed E-state index contributed by atoms with van der Waals surface area (Å²) >= 11 is 0. The third-order valence-electron chi connectivity index (χ3n) is 2.74. The second-order valence-electron chi connectivity index (χ2n) is 4.55. The summed E-state index contributed by atoms with van der Waals surface area (Å²) in [6, 6.07) is 0. The summed E-state index contributed by atoms with van der Waals surface area (Å²) < 4.78 is 4.73. The molecule has 0 aliphatic heterocycles. The van der Waals surface area contributed by atoms with Crippen molar-refractivity contribution in [2.24, 2.45) is 11.8 Å². The molecule has 1 unspecified atom stereocenters. The second-order valence-corrected chi connectivity index (χ2v) is 4.55. The van der Waals surface area contributed by atoms with Crippen LogP contribution >= 0.6 is 0 Å². The first-order chi connectivity index (χ1) is 8.93. The molecule has 0 heterocycles. The van der Waals surface area contributed by atoms with E-state index in [1.807, 2.05) is 0 Å². The minimum Gasteiger partial charge on any atom is -0.512 e. The lowest BCUT2D eigenvalue weighted by Gasteiger charge is -2.15. The van der Waals surface area contributed by atoms with Crippen LogP contribution in [0.1, 0.15) is 32.6 Å². The largest absolute Gasteiger partial charge is 0.512 e. The number of carbonyl (C=O) groups is 3. The van der Waals surface area contributed by atoms with E-state index < -0.39 is 17.9 Å². The molecule has 0 amide bonds. The molecule has 0 aromatic heterocycles. The fraction of sp³-hybridized carbons (Fsp3) is 0.615. The number of ketones is 1. The molecule has 2 rings (SSSR count). The van der Waals surface area contributed by atoms with Gasteiger partial charge in [0.05, 0.1) is 30.6 Å². The number of hydrogen-bond donors (Lipinski definition) is 2. The van der Waals surface area contributed by atoms with E-state index in [1.54, 1.807) is 6.92 Å². The minimum absolute atomic E-state index is 0.0185. The third-order valence-corrected chi connectivity index (χ3v) is 2.74. The molecule has 0 aromatic carbocycles. The summed E-state index contributed by atoms with van der Waals surface area (Å²) in [7, 11) is 0. The number of rotatable bonds is 3. The normalized spacial score (nSPS) is 21.8. The highest BCUT2D eigenvalue weighted by molar-refractivity contribution is 5.88. The van der Waals surface area contributed by atoms with Crippen molar-refractivity contribution in [2.45, 2.75) is 32.6 Å². The van der Waals surface area contributed by atoms with Crippen LogP contribution in [0, 0.1) is 11.8 Å². The molecule has 2 N–H and O–H groups in total. The molecule has 0 bridgehead atoms. The molecule has 1 saturated carbocycles. The Morgan fingerprint density at radius 3 is 2.42 bits per heavy atom. The predicted octanol–water partition coefficient (Wildman–Crippen LogP) is 1.45. The number of Topliss-reactive ketones (excluding diaryl/α,β-unsaturated/α-hetero) is 1. The maximum absolute atomic E-state index is 11.2. The molecule has 1 atom stereocenters. The molecular weight excluding hydrogens is 252 g/mol. The van der Waals surface area contributed by atoms with Crippen LogP contribution in [0.15, 0.2) is 11.8 Å². The van der Waals surface area contributed by atoms with Crippen LogP contribution in [0.4, 0.5) is 0 Å². The molecule has 2 aliphatic rings. The first-order valence-corrected chi connectivity index (χ1v) is 6.24. The first-order valence-electron chi connectivity index (χ1n) is 6.24. The van der Waals surface area contributed by atoms with Gasteiger partial charge >= 0.3 is 11.9 Å². The fourth-order valence-electron chi connectivity index (χ4n) is 1.60. The van der Waals surface area contributed by atoms with Crippen molar-refractivity contribution in [1.29, 1.82) is 0 Å². The number of aliphatic hydroxyl groups excluding tert-OH is 1. The topological polar surface area (TPSA) is 101 Å². The van der Waals surface area contributed by atoms with Gasteiger partial charge in [-0.2, -0.15) is 0 Å². The number of ether oxygens (including phenoxy) is 1. The minimum atomic E-state index is -0.630. The molecule has 1 fully saturated rings. The molecule has 6 nitrogen and oxygen atoms in total. The van der Waals surface area contributed by atoms with Crippen molar-refractivity contribution in [3.8, 4) is 0 Å². The number of carboxylic acids is 1. The Labute approximate surface area is 111 Å². The van der Waals surface area contributed by atoms with Crippen LogP contribution in [-0.4, -0.2) is 34.5 Å². The predicted molar refractivity (Wildman–Crippen MR) is 65.4 cm³/mol. The molecule has 0 saturated heterocycles. The lowest BCUT2D eigenvalue weighted by molar-refractivity contribution is -0.148. The maximum atomic E-state index is 11.2. The van der Waals surface area contributed by atoms with E-state index in [0.717, 1.165) is 12.8 Å². The number of carbonyl (C=O) groups excluding carboxylic acids is 2. The average Bonchev–Trinajstić information content (AvgIpc) is 3.12. The van der Waals surface area contributed by atoms with Gasteiger partial charge in [0.1, 0.15) is 5.78 Å². The van der Waals surface area contributed by atoms with Crippen molar-refractivity contribution in [2.75, 3.05) is 6.61 Å².